The van der Waals surface area contributed by atoms with E-state index in [4.69, 9.17) is 0 Å². The molecule has 1 aliphatic carbocycles. The van der Waals surface area contributed by atoms with Gasteiger partial charge in [0.25, 0.3) is 0 Å². The standard InChI is InChI=1S/C17H25NO4.C3H8Si/c1-4-12-10-17(16(21)22,18-8-6-7-9-18)11(3)14(15(19)20)13(12)5-2;1-2-3-4/h10-11H,4-9H2,1-3H3,(H,19,20)(H,21,22);2-3H,1,4H3. The monoisotopic (exact) mass is 379 g/mol. The van der Waals surface area contributed by atoms with Gasteiger partial charge in [-0.15, -0.1) is 5.70 Å². The number of aliphatic carboxylic acids is 2. The van der Waals surface area contributed by atoms with Gasteiger partial charge in [-0.2, -0.15) is 0 Å². The smallest absolute Gasteiger partial charge is 0.332 e. The summed E-state index contributed by atoms with van der Waals surface area (Å²) in [6.45, 7) is 9.07. The van der Waals surface area contributed by atoms with Gasteiger partial charge in [0.15, 0.2) is 0 Å². The fourth-order valence-corrected chi connectivity index (χ4v) is 4.01. The lowest BCUT2D eigenvalue weighted by atomic mass is 9.69. The van der Waals surface area contributed by atoms with Gasteiger partial charge in [-0.3, -0.25) is 4.90 Å². The quantitative estimate of drug-likeness (QED) is 0.718. The van der Waals surface area contributed by atoms with Gasteiger partial charge >= 0.3 is 11.9 Å². The molecule has 146 valence electrons. The summed E-state index contributed by atoms with van der Waals surface area (Å²) in [5, 5.41) is 19.7. The Bertz CT molecular complexity index is 613. The van der Waals surface area contributed by atoms with E-state index in [-0.39, 0.29) is 5.57 Å². The molecule has 0 spiro atoms. The molecule has 0 bridgehead atoms. The minimum atomic E-state index is -1.23. The van der Waals surface area contributed by atoms with Crippen LogP contribution in [0.5, 0.6) is 0 Å². The predicted octanol–water partition coefficient (Wildman–Crippen LogP) is 2.57. The van der Waals surface area contributed by atoms with Gasteiger partial charge < -0.3 is 10.2 Å². The average molecular weight is 380 g/mol. The minimum absolute atomic E-state index is 0.274. The molecule has 0 aromatic carbocycles. The first kappa shape index (κ1) is 22.4. The maximum atomic E-state index is 12.2. The molecule has 6 heteroatoms. The molecule has 0 aromatic rings. The topological polar surface area (TPSA) is 77.8 Å². The lowest BCUT2D eigenvalue weighted by molar-refractivity contribution is -0.150. The van der Waals surface area contributed by atoms with Crippen molar-refractivity contribution in [3.05, 3.63) is 34.6 Å². The summed E-state index contributed by atoms with van der Waals surface area (Å²) in [6, 6.07) is 0. The summed E-state index contributed by atoms with van der Waals surface area (Å²) >= 11 is 0. The zero-order chi connectivity index (χ0) is 19.9. The summed E-state index contributed by atoms with van der Waals surface area (Å²) in [7, 11) is 1.21. The molecular weight excluding hydrogens is 346 g/mol. The average Bonchev–Trinajstić information content (AvgIpc) is 3.15. The van der Waals surface area contributed by atoms with E-state index in [0.717, 1.165) is 24.0 Å². The van der Waals surface area contributed by atoms with Crippen molar-refractivity contribution in [1.29, 1.82) is 0 Å². The molecule has 1 heterocycles. The molecule has 2 aliphatic rings. The van der Waals surface area contributed by atoms with Crippen LogP contribution in [-0.4, -0.2) is 55.9 Å². The molecule has 2 N–H and O–H groups in total. The Labute approximate surface area is 159 Å². The third kappa shape index (κ3) is 4.18. The van der Waals surface area contributed by atoms with E-state index in [1.807, 2.05) is 31.7 Å². The second kappa shape index (κ2) is 9.88. The molecule has 26 heavy (non-hydrogen) atoms. The molecule has 0 amide bonds. The van der Waals surface area contributed by atoms with Crippen LogP contribution in [0, 0.1) is 5.92 Å². The van der Waals surface area contributed by atoms with Crippen LogP contribution in [0.4, 0.5) is 0 Å². The zero-order valence-corrected chi connectivity index (χ0v) is 18.7. The third-order valence-corrected chi connectivity index (χ3v) is 6.14. The van der Waals surface area contributed by atoms with Gasteiger partial charge in [0.05, 0.1) is 0 Å². The lowest BCUT2D eigenvalue weighted by Gasteiger charge is -2.44. The summed E-state index contributed by atoms with van der Waals surface area (Å²) in [5.41, 5.74) is 2.86. The molecule has 2 unspecified atom stereocenters. The molecule has 1 aliphatic heterocycles. The van der Waals surface area contributed by atoms with Crippen molar-refractivity contribution in [2.75, 3.05) is 13.1 Å². The fourth-order valence-electron chi connectivity index (χ4n) is 4.01. The van der Waals surface area contributed by atoms with Crippen molar-refractivity contribution < 1.29 is 19.8 Å². The predicted molar refractivity (Wildman–Crippen MR) is 108 cm³/mol. The van der Waals surface area contributed by atoms with Crippen molar-refractivity contribution in [2.24, 2.45) is 5.92 Å². The SMILES string of the molecule is CC=C[SiH3].CCC1=CC(C(=O)O)(N2CCCC2)C(C)C(C(=O)O)=C1CC. The largest absolute Gasteiger partial charge is 0.480 e. The van der Waals surface area contributed by atoms with Gasteiger partial charge in [0.1, 0.15) is 5.54 Å². The number of carbonyl (C=O) groups is 2. The summed E-state index contributed by atoms with van der Waals surface area (Å²) < 4.78 is 0. The third-order valence-electron chi connectivity index (χ3n) is 5.47. The van der Waals surface area contributed by atoms with Crippen LogP contribution in [-0.2, 0) is 9.59 Å². The van der Waals surface area contributed by atoms with E-state index in [0.29, 0.717) is 25.9 Å². The van der Waals surface area contributed by atoms with Crippen LogP contribution in [0.1, 0.15) is 53.4 Å². The number of likely N-dealkylation sites (tertiary alicyclic amines) is 1. The minimum Gasteiger partial charge on any atom is -0.480 e. The molecular formula is C20H33NO4Si. The fraction of sp³-hybridized carbons (Fsp3) is 0.600. The van der Waals surface area contributed by atoms with Gasteiger partial charge in [-0.1, -0.05) is 26.8 Å². The van der Waals surface area contributed by atoms with E-state index in [2.05, 4.69) is 11.8 Å². The molecule has 0 radical (unpaired) electrons. The second-order valence-corrected chi connectivity index (χ2v) is 7.45. The first-order chi connectivity index (χ1) is 12.3. The van der Waals surface area contributed by atoms with Crippen molar-refractivity contribution in [1.82, 2.24) is 4.90 Å². The normalized spacial score (nSPS) is 26.6. The van der Waals surface area contributed by atoms with Gasteiger partial charge in [0, 0.05) is 21.7 Å². The first-order valence-electron chi connectivity index (χ1n) is 9.55. The van der Waals surface area contributed by atoms with Crippen molar-refractivity contribution >= 4 is 22.2 Å². The molecule has 1 fully saturated rings. The maximum Gasteiger partial charge on any atom is 0.332 e. The van der Waals surface area contributed by atoms with Crippen LogP contribution in [0.2, 0.25) is 0 Å². The molecule has 1 saturated heterocycles. The van der Waals surface area contributed by atoms with Gasteiger partial charge in [0.2, 0.25) is 0 Å². The van der Waals surface area contributed by atoms with E-state index in [9.17, 15) is 19.8 Å². The number of hydrogen-bond acceptors (Lipinski definition) is 3. The van der Waals surface area contributed by atoms with Crippen molar-refractivity contribution in [3.8, 4) is 0 Å². The van der Waals surface area contributed by atoms with Gasteiger partial charge in [-0.25, -0.2) is 9.59 Å². The Morgan fingerprint density at radius 3 is 2.15 bits per heavy atom. The van der Waals surface area contributed by atoms with Crippen molar-refractivity contribution in [2.45, 2.75) is 58.9 Å². The van der Waals surface area contributed by atoms with Crippen LogP contribution >= 0.6 is 0 Å². The number of hydrogen-bond donors (Lipinski definition) is 2. The van der Waals surface area contributed by atoms with Crippen LogP contribution in [0.15, 0.2) is 34.6 Å². The zero-order valence-electron chi connectivity index (χ0n) is 16.7. The van der Waals surface area contributed by atoms with E-state index < -0.39 is 23.4 Å². The highest BCUT2D eigenvalue weighted by Gasteiger charge is 2.53. The number of nitrogens with zero attached hydrogens (tertiary/aromatic N) is 1. The Kier molecular flexibility index (Phi) is 8.50. The summed E-state index contributed by atoms with van der Waals surface area (Å²) in [6.07, 6.45) is 7.08. The van der Waals surface area contributed by atoms with Crippen LogP contribution in [0.3, 0.4) is 0 Å². The first-order valence-corrected chi connectivity index (χ1v) is 10.7. The van der Waals surface area contributed by atoms with Crippen molar-refractivity contribution in [3.63, 3.8) is 0 Å². The molecule has 0 saturated carbocycles. The van der Waals surface area contributed by atoms with E-state index >= 15 is 0 Å². The Hall–Kier alpha value is -1.66. The number of carboxylic acids is 2. The molecule has 5 nitrogen and oxygen atoms in total. The molecule has 2 atom stereocenters. The second-order valence-electron chi connectivity index (χ2n) is 6.79. The number of carboxylic acid groups (broad SMARTS) is 2. The Balaban J connectivity index is 0.000000765. The molecule has 2 rings (SSSR count). The summed E-state index contributed by atoms with van der Waals surface area (Å²) in [5.74, 6) is -2.50. The lowest BCUT2D eigenvalue weighted by Crippen LogP contribution is -2.59. The van der Waals surface area contributed by atoms with Crippen LogP contribution < -0.4 is 0 Å². The van der Waals surface area contributed by atoms with E-state index in [1.54, 1.807) is 6.92 Å². The van der Waals surface area contributed by atoms with Crippen LogP contribution in [0.25, 0.3) is 0 Å². The highest BCUT2D eigenvalue weighted by atomic mass is 28.1. The highest BCUT2D eigenvalue weighted by molar-refractivity contribution is 6.16. The summed E-state index contributed by atoms with van der Waals surface area (Å²) in [4.78, 5) is 26.0. The maximum absolute atomic E-state index is 12.2. The Morgan fingerprint density at radius 1 is 1.27 bits per heavy atom. The number of allylic oxidation sites excluding steroid dienone is 3. The van der Waals surface area contributed by atoms with E-state index in [1.165, 1.54) is 10.2 Å². The highest BCUT2D eigenvalue weighted by Crippen LogP contribution is 2.43. The number of rotatable bonds is 5. The molecule has 0 aromatic heterocycles. The Morgan fingerprint density at radius 2 is 1.81 bits per heavy atom. The van der Waals surface area contributed by atoms with Gasteiger partial charge in [-0.05, 0) is 62.9 Å².